The fourth-order valence-corrected chi connectivity index (χ4v) is 1.53. The topological polar surface area (TPSA) is 71.9 Å². The predicted molar refractivity (Wildman–Crippen MR) is 62.1 cm³/mol. The monoisotopic (exact) mass is 237 g/mol. The number of nitriles is 1. The summed E-state index contributed by atoms with van der Waals surface area (Å²) in [4.78, 5) is 4.33. The van der Waals surface area contributed by atoms with Gasteiger partial charge in [0.05, 0.1) is 6.07 Å². The zero-order chi connectivity index (χ0) is 12.7. The number of ether oxygens (including phenoxy) is 1. The van der Waals surface area contributed by atoms with E-state index in [-0.39, 0.29) is 0 Å². The Hall–Kier alpha value is -1.41. The third-order valence-corrected chi connectivity index (χ3v) is 2.76. The van der Waals surface area contributed by atoms with E-state index >= 15 is 0 Å². The lowest BCUT2D eigenvalue weighted by Crippen LogP contribution is -2.26. The summed E-state index contributed by atoms with van der Waals surface area (Å²) >= 11 is 0. The minimum absolute atomic E-state index is 0.480. The van der Waals surface area contributed by atoms with Crippen molar-refractivity contribution in [1.82, 2.24) is 10.1 Å². The van der Waals surface area contributed by atoms with Gasteiger partial charge in [0.2, 0.25) is 11.7 Å². The second kappa shape index (κ2) is 6.36. The van der Waals surface area contributed by atoms with Crippen molar-refractivity contribution < 1.29 is 9.26 Å². The molecular weight excluding hydrogens is 218 g/mol. The van der Waals surface area contributed by atoms with Crippen molar-refractivity contribution in [1.29, 1.82) is 5.26 Å². The smallest absolute Gasteiger partial charge is 0.226 e. The van der Waals surface area contributed by atoms with Gasteiger partial charge in [-0.15, -0.1) is 0 Å². The number of rotatable bonds is 7. The SMILES string of the molecule is CCOC(C)(CC)c1noc(CCCC#N)n1. The molecule has 1 heterocycles. The number of unbranched alkanes of at least 4 members (excludes halogenated alkanes) is 1. The highest BCUT2D eigenvalue weighted by Gasteiger charge is 2.30. The lowest BCUT2D eigenvalue weighted by Gasteiger charge is -2.23. The van der Waals surface area contributed by atoms with E-state index in [2.05, 4.69) is 16.2 Å². The van der Waals surface area contributed by atoms with E-state index in [1.54, 1.807) is 0 Å². The van der Waals surface area contributed by atoms with Crippen LogP contribution in [0.2, 0.25) is 0 Å². The van der Waals surface area contributed by atoms with E-state index in [0.29, 0.717) is 31.2 Å². The first kappa shape index (κ1) is 13.7. The van der Waals surface area contributed by atoms with E-state index in [1.807, 2.05) is 20.8 Å². The van der Waals surface area contributed by atoms with Crippen molar-refractivity contribution in [2.75, 3.05) is 6.61 Å². The number of aryl methyl sites for hydroxylation is 1. The Kier molecular flexibility index (Phi) is 5.11. The fraction of sp³-hybridized carbons (Fsp3) is 0.750. The fourth-order valence-electron chi connectivity index (χ4n) is 1.53. The molecule has 1 unspecified atom stereocenters. The average molecular weight is 237 g/mol. The van der Waals surface area contributed by atoms with E-state index in [4.69, 9.17) is 14.5 Å². The quantitative estimate of drug-likeness (QED) is 0.681. The molecular formula is C12H19N3O2. The molecule has 0 fully saturated rings. The van der Waals surface area contributed by atoms with Crippen LogP contribution in [0.1, 0.15) is 51.7 Å². The van der Waals surface area contributed by atoms with E-state index < -0.39 is 5.60 Å². The van der Waals surface area contributed by atoms with Gasteiger partial charge in [0.15, 0.2) is 0 Å². The largest absolute Gasteiger partial charge is 0.367 e. The third-order valence-electron chi connectivity index (χ3n) is 2.76. The van der Waals surface area contributed by atoms with Crippen molar-refractivity contribution >= 4 is 0 Å². The lowest BCUT2D eigenvalue weighted by atomic mass is 10.0. The Labute approximate surface area is 102 Å². The molecule has 0 saturated heterocycles. The van der Waals surface area contributed by atoms with Gasteiger partial charge in [-0.05, 0) is 26.7 Å². The third kappa shape index (κ3) is 3.53. The standard InChI is InChI=1S/C12H19N3O2/c1-4-12(3,16-5-2)11-14-10(17-15-11)8-6-7-9-13/h4-8H2,1-3H3. The van der Waals surface area contributed by atoms with Crippen LogP contribution in [0, 0.1) is 11.3 Å². The summed E-state index contributed by atoms with van der Waals surface area (Å²) in [6.45, 7) is 6.55. The zero-order valence-electron chi connectivity index (χ0n) is 10.7. The molecule has 0 amide bonds. The highest BCUT2D eigenvalue weighted by atomic mass is 16.5. The van der Waals surface area contributed by atoms with Gasteiger partial charge in [-0.25, -0.2) is 0 Å². The Morgan fingerprint density at radius 3 is 2.82 bits per heavy atom. The highest BCUT2D eigenvalue weighted by molar-refractivity contribution is 4.99. The number of nitrogens with zero attached hydrogens (tertiary/aromatic N) is 3. The molecule has 1 rings (SSSR count). The van der Waals surface area contributed by atoms with Gasteiger partial charge in [0.1, 0.15) is 5.60 Å². The van der Waals surface area contributed by atoms with Crippen LogP contribution in [0.25, 0.3) is 0 Å². The van der Waals surface area contributed by atoms with E-state index in [9.17, 15) is 0 Å². The molecule has 0 aliphatic heterocycles. The van der Waals surface area contributed by atoms with E-state index in [0.717, 1.165) is 12.8 Å². The molecule has 0 aromatic carbocycles. The molecule has 94 valence electrons. The summed E-state index contributed by atoms with van der Waals surface area (Å²) in [6, 6.07) is 2.09. The first-order chi connectivity index (χ1) is 8.16. The first-order valence-electron chi connectivity index (χ1n) is 6.00. The minimum Gasteiger partial charge on any atom is -0.367 e. The summed E-state index contributed by atoms with van der Waals surface area (Å²) in [6.07, 6.45) is 2.69. The molecule has 0 bridgehead atoms. The molecule has 1 aromatic heterocycles. The molecule has 0 radical (unpaired) electrons. The van der Waals surface area contributed by atoms with Crippen LogP contribution < -0.4 is 0 Å². The maximum atomic E-state index is 8.45. The van der Waals surface area contributed by atoms with Crippen LogP contribution >= 0.6 is 0 Å². The summed E-state index contributed by atoms with van der Waals surface area (Å²) in [7, 11) is 0. The summed E-state index contributed by atoms with van der Waals surface area (Å²) in [5.41, 5.74) is -0.480. The summed E-state index contributed by atoms with van der Waals surface area (Å²) < 4.78 is 10.8. The van der Waals surface area contributed by atoms with Crippen LogP contribution in [0.3, 0.4) is 0 Å². The van der Waals surface area contributed by atoms with Gasteiger partial charge in [0.25, 0.3) is 0 Å². The highest BCUT2D eigenvalue weighted by Crippen LogP contribution is 2.26. The molecule has 5 heteroatoms. The van der Waals surface area contributed by atoms with Gasteiger partial charge >= 0.3 is 0 Å². The molecule has 1 aromatic rings. The summed E-state index contributed by atoms with van der Waals surface area (Å²) in [5, 5.41) is 12.4. The maximum Gasteiger partial charge on any atom is 0.226 e. The normalized spacial score (nSPS) is 14.2. The zero-order valence-corrected chi connectivity index (χ0v) is 10.7. The predicted octanol–water partition coefficient (Wildman–Crippen LogP) is 2.58. The van der Waals surface area contributed by atoms with Crippen molar-refractivity contribution in [3.63, 3.8) is 0 Å². The van der Waals surface area contributed by atoms with Crippen LogP contribution in [-0.2, 0) is 16.8 Å². The second-order valence-electron chi connectivity index (χ2n) is 4.04. The minimum atomic E-state index is -0.480. The van der Waals surface area contributed by atoms with Crippen molar-refractivity contribution in [2.24, 2.45) is 0 Å². The second-order valence-corrected chi connectivity index (χ2v) is 4.04. The number of aromatic nitrogens is 2. The molecule has 0 saturated carbocycles. The van der Waals surface area contributed by atoms with Crippen LogP contribution in [0.15, 0.2) is 4.52 Å². The molecule has 5 nitrogen and oxygen atoms in total. The van der Waals surface area contributed by atoms with Crippen molar-refractivity contribution in [2.45, 2.75) is 52.1 Å². The Balaban J connectivity index is 2.69. The number of hydrogen-bond acceptors (Lipinski definition) is 5. The Bertz CT molecular complexity index is 383. The van der Waals surface area contributed by atoms with Crippen molar-refractivity contribution in [3.8, 4) is 6.07 Å². The number of hydrogen-bond donors (Lipinski definition) is 0. The maximum absolute atomic E-state index is 8.45. The van der Waals surface area contributed by atoms with Gasteiger partial charge < -0.3 is 9.26 Å². The lowest BCUT2D eigenvalue weighted by molar-refractivity contribution is -0.0403. The van der Waals surface area contributed by atoms with E-state index in [1.165, 1.54) is 0 Å². The molecule has 0 spiro atoms. The molecule has 0 aliphatic carbocycles. The molecule has 0 N–H and O–H groups in total. The Morgan fingerprint density at radius 1 is 1.47 bits per heavy atom. The van der Waals surface area contributed by atoms with Gasteiger partial charge in [0, 0.05) is 19.4 Å². The average Bonchev–Trinajstić information content (AvgIpc) is 2.79. The molecule has 17 heavy (non-hydrogen) atoms. The first-order valence-corrected chi connectivity index (χ1v) is 6.00. The van der Waals surface area contributed by atoms with Crippen molar-refractivity contribution in [3.05, 3.63) is 11.7 Å². The summed E-state index contributed by atoms with van der Waals surface area (Å²) in [5.74, 6) is 1.17. The van der Waals surface area contributed by atoms with Gasteiger partial charge in [-0.3, -0.25) is 0 Å². The van der Waals surface area contributed by atoms with Gasteiger partial charge in [-0.1, -0.05) is 12.1 Å². The molecule has 1 atom stereocenters. The van der Waals surface area contributed by atoms with Crippen LogP contribution in [-0.4, -0.2) is 16.7 Å². The van der Waals surface area contributed by atoms with Gasteiger partial charge in [-0.2, -0.15) is 10.2 Å². The van der Waals surface area contributed by atoms with Crippen LogP contribution in [0.4, 0.5) is 0 Å². The van der Waals surface area contributed by atoms with Crippen LogP contribution in [0.5, 0.6) is 0 Å². The Morgan fingerprint density at radius 2 is 2.24 bits per heavy atom. The molecule has 0 aliphatic rings.